The largest absolute Gasteiger partial charge is 0.328 e. The highest BCUT2D eigenvalue weighted by molar-refractivity contribution is 7.90. The monoisotopic (exact) mass is 468 g/mol. The molecule has 0 saturated carbocycles. The summed E-state index contributed by atoms with van der Waals surface area (Å²) in [5.41, 5.74) is 3.15. The zero-order chi connectivity index (χ0) is 23.0. The summed E-state index contributed by atoms with van der Waals surface area (Å²) < 4.78 is 29.3. The van der Waals surface area contributed by atoms with Crippen molar-refractivity contribution in [3.05, 3.63) is 58.4 Å². The van der Waals surface area contributed by atoms with E-state index in [-0.39, 0.29) is 10.5 Å². The Hall–Kier alpha value is -3.04. The van der Waals surface area contributed by atoms with Crippen molar-refractivity contribution in [3.8, 4) is 11.3 Å². The highest BCUT2D eigenvalue weighted by atomic mass is 32.2. The highest BCUT2D eigenvalue weighted by Crippen LogP contribution is 2.33. The van der Waals surface area contributed by atoms with Crippen LogP contribution in [0.3, 0.4) is 0 Å². The summed E-state index contributed by atoms with van der Waals surface area (Å²) in [6.45, 7) is 8.36. The first-order valence-corrected chi connectivity index (χ1v) is 12.5. The predicted molar refractivity (Wildman–Crippen MR) is 129 cm³/mol. The lowest BCUT2D eigenvalue weighted by atomic mass is 10.1. The molecule has 0 unspecified atom stereocenters. The minimum atomic E-state index is -3.87. The van der Waals surface area contributed by atoms with Gasteiger partial charge in [-0.3, -0.25) is 4.79 Å². The number of hydrogen-bond acceptors (Lipinski definition) is 6. The molecule has 2 heterocycles. The average Bonchev–Trinajstić information content (AvgIpc) is 3.17. The van der Waals surface area contributed by atoms with Gasteiger partial charge in [0.15, 0.2) is 0 Å². The van der Waals surface area contributed by atoms with Crippen molar-refractivity contribution < 1.29 is 13.2 Å². The van der Waals surface area contributed by atoms with Gasteiger partial charge in [0.1, 0.15) is 10.7 Å². The van der Waals surface area contributed by atoms with E-state index >= 15 is 0 Å². The molecular formula is C23H24N4O3S2. The van der Waals surface area contributed by atoms with Crippen molar-refractivity contribution in [1.29, 1.82) is 0 Å². The summed E-state index contributed by atoms with van der Waals surface area (Å²) in [6, 6.07) is 12.1. The molecular weight excluding hydrogens is 444 g/mol. The molecule has 9 heteroatoms. The Labute approximate surface area is 191 Å². The first-order chi connectivity index (χ1) is 15.1. The molecule has 0 atom stereocenters. The third-order valence-corrected chi connectivity index (χ3v) is 7.18. The molecule has 4 rings (SSSR count). The van der Waals surface area contributed by atoms with Crippen molar-refractivity contribution in [2.75, 3.05) is 16.8 Å². The van der Waals surface area contributed by atoms with Gasteiger partial charge < -0.3 is 10.2 Å². The maximum absolute atomic E-state index is 12.9. The molecule has 3 aromatic rings. The first-order valence-electron chi connectivity index (χ1n) is 10.2. The van der Waals surface area contributed by atoms with E-state index < -0.39 is 15.9 Å². The summed E-state index contributed by atoms with van der Waals surface area (Å²) in [5.74, 6) is 0.347. The van der Waals surface area contributed by atoms with Gasteiger partial charge in [-0.2, -0.15) is 8.42 Å². The van der Waals surface area contributed by atoms with E-state index in [4.69, 9.17) is 0 Å². The Morgan fingerprint density at radius 1 is 1.16 bits per heavy atom. The van der Waals surface area contributed by atoms with Crippen LogP contribution in [0.1, 0.15) is 36.1 Å². The van der Waals surface area contributed by atoms with Crippen molar-refractivity contribution in [2.45, 2.75) is 32.6 Å². The molecule has 2 aromatic carbocycles. The quantitative estimate of drug-likeness (QED) is 0.572. The summed E-state index contributed by atoms with van der Waals surface area (Å²) >= 11 is 1.56. The number of hydrogen-bond donors (Lipinski definition) is 1. The minimum absolute atomic E-state index is 0.0445. The van der Waals surface area contributed by atoms with E-state index in [1.54, 1.807) is 36.5 Å². The number of nitrogens with one attached hydrogen (secondary N) is 1. The van der Waals surface area contributed by atoms with E-state index in [9.17, 15) is 13.2 Å². The van der Waals surface area contributed by atoms with Gasteiger partial charge in [-0.1, -0.05) is 26.0 Å². The van der Waals surface area contributed by atoms with Crippen LogP contribution in [0.4, 0.5) is 11.4 Å². The van der Waals surface area contributed by atoms with Crippen LogP contribution in [0.2, 0.25) is 0 Å². The maximum Gasteiger partial charge on any atom is 0.286 e. The Kier molecular flexibility index (Phi) is 5.87. The Balaban J connectivity index is 1.63. The van der Waals surface area contributed by atoms with Gasteiger partial charge in [-0.25, -0.2) is 4.98 Å². The van der Waals surface area contributed by atoms with Crippen LogP contribution in [-0.2, 0) is 10.0 Å². The average molecular weight is 469 g/mol. The van der Waals surface area contributed by atoms with Gasteiger partial charge in [0.25, 0.3) is 15.9 Å². The third-order valence-electron chi connectivity index (χ3n) is 5.02. The number of aromatic nitrogens is 1. The summed E-state index contributed by atoms with van der Waals surface area (Å²) in [5, 5.41) is 5.79. The van der Waals surface area contributed by atoms with Gasteiger partial charge in [-0.15, -0.1) is 15.7 Å². The van der Waals surface area contributed by atoms with Gasteiger partial charge >= 0.3 is 0 Å². The fourth-order valence-corrected chi connectivity index (χ4v) is 5.47. The fraction of sp³-hybridized carbons (Fsp3) is 0.261. The van der Waals surface area contributed by atoms with Crippen LogP contribution in [0.5, 0.6) is 0 Å². The Bertz CT molecular complexity index is 1330. The molecule has 0 bridgehead atoms. The lowest BCUT2D eigenvalue weighted by Crippen LogP contribution is -2.36. The number of aryl methyl sites for hydroxylation is 1. The molecule has 0 fully saturated rings. The van der Waals surface area contributed by atoms with Crippen LogP contribution >= 0.6 is 11.3 Å². The van der Waals surface area contributed by atoms with E-state index in [2.05, 4.69) is 28.5 Å². The fourth-order valence-electron chi connectivity index (χ4n) is 3.58. The second kappa shape index (κ2) is 8.48. The molecule has 7 nitrogen and oxygen atoms in total. The number of thiazole rings is 1. The summed E-state index contributed by atoms with van der Waals surface area (Å²) in [7, 11) is -3.87. The SMILES string of the molecule is CC1=NS(=O)(=O)c2cc(C(=O)Nc3cccc(-c4csc(C)n4)c3)ccc2N1CC(C)C. The molecule has 0 spiro atoms. The van der Waals surface area contributed by atoms with Gasteiger partial charge in [0.2, 0.25) is 0 Å². The topological polar surface area (TPSA) is 91.7 Å². The molecule has 0 radical (unpaired) electrons. The molecule has 1 aliphatic heterocycles. The number of anilines is 2. The molecule has 1 aliphatic rings. The van der Waals surface area contributed by atoms with Crippen LogP contribution in [0.25, 0.3) is 11.3 Å². The number of amides is 1. The van der Waals surface area contributed by atoms with Gasteiger partial charge in [0.05, 0.1) is 16.4 Å². The molecule has 166 valence electrons. The first kappa shape index (κ1) is 22.2. The molecule has 1 aromatic heterocycles. The van der Waals surface area contributed by atoms with Crippen molar-refractivity contribution in [1.82, 2.24) is 4.98 Å². The normalized spacial score (nSPS) is 14.8. The third kappa shape index (κ3) is 4.44. The lowest BCUT2D eigenvalue weighted by molar-refractivity contribution is 0.102. The second-order valence-electron chi connectivity index (χ2n) is 8.09. The van der Waals surface area contributed by atoms with Crippen molar-refractivity contribution in [3.63, 3.8) is 0 Å². The lowest BCUT2D eigenvalue weighted by Gasteiger charge is -2.30. The molecule has 1 amide bonds. The standard InChI is InChI=1S/C23H24N4O3S2/c1-14(2)12-27-15(3)26-32(29,30)22-11-18(8-9-21(22)27)23(28)25-19-7-5-6-17(10-19)20-13-31-16(4)24-20/h5-11,13-14H,12H2,1-4H3,(H,25,28). The number of nitrogens with zero attached hydrogens (tertiary/aromatic N) is 3. The Morgan fingerprint density at radius 2 is 1.94 bits per heavy atom. The number of rotatable bonds is 5. The molecule has 0 aliphatic carbocycles. The maximum atomic E-state index is 12.9. The number of carbonyl (C=O) groups excluding carboxylic acids is 1. The number of sulfonamides is 1. The second-order valence-corrected chi connectivity index (χ2v) is 10.7. The summed E-state index contributed by atoms with van der Waals surface area (Å²) in [6.07, 6.45) is 0. The number of amidine groups is 1. The molecule has 32 heavy (non-hydrogen) atoms. The van der Waals surface area contributed by atoms with Crippen LogP contribution in [0, 0.1) is 12.8 Å². The van der Waals surface area contributed by atoms with Gasteiger partial charge in [0, 0.05) is 28.7 Å². The smallest absolute Gasteiger partial charge is 0.286 e. The van der Waals surface area contributed by atoms with Crippen molar-refractivity contribution in [2.24, 2.45) is 10.3 Å². The van der Waals surface area contributed by atoms with E-state index in [1.807, 2.05) is 35.4 Å². The number of carbonyl (C=O) groups is 1. The van der Waals surface area contributed by atoms with Crippen LogP contribution < -0.4 is 10.2 Å². The number of benzene rings is 2. The van der Waals surface area contributed by atoms with Gasteiger partial charge in [-0.05, 0) is 50.1 Å². The predicted octanol–water partition coefficient (Wildman–Crippen LogP) is 4.95. The number of fused-ring (bicyclic) bond motifs is 1. The zero-order valence-corrected chi connectivity index (χ0v) is 19.9. The van der Waals surface area contributed by atoms with Crippen LogP contribution in [0.15, 0.2) is 57.1 Å². The van der Waals surface area contributed by atoms with Crippen molar-refractivity contribution >= 4 is 44.5 Å². The zero-order valence-electron chi connectivity index (χ0n) is 18.3. The van der Waals surface area contributed by atoms with Crippen LogP contribution in [-0.4, -0.2) is 31.7 Å². The summed E-state index contributed by atoms with van der Waals surface area (Å²) in [4.78, 5) is 19.3. The van der Waals surface area contributed by atoms with E-state index in [0.29, 0.717) is 29.7 Å². The highest BCUT2D eigenvalue weighted by Gasteiger charge is 2.30. The Morgan fingerprint density at radius 3 is 2.62 bits per heavy atom. The van der Waals surface area contributed by atoms with E-state index in [0.717, 1.165) is 16.3 Å². The molecule has 1 N–H and O–H groups in total. The van der Waals surface area contributed by atoms with E-state index in [1.165, 1.54) is 6.07 Å². The minimum Gasteiger partial charge on any atom is -0.328 e. The molecule has 0 saturated heterocycles.